The van der Waals surface area contributed by atoms with Crippen LogP contribution in [0.3, 0.4) is 0 Å². The lowest BCUT2D eigenvalue weighted by molar-refractivity contribution is -0.143. The lowest BCUT2D eigenvalue weighted by Crippen LogP contribution is -2.48. The number of aryl methyl sites for hydroxylation is 2. The molecular formula is C34H41FN4O5. The Morgan fingerprint density at radius 1 is 1.07 bits per heavy atom. The van der Waals surface area contributed by atoms with E-state index >= 15 is 0 Å². The second-order valence-corrected chi connectivity index (χ2v) is 11.7. The summed E-state index contributed by atoms with van der Waals surface area (Å²) in [4.78, 5) is 39.8. The number of fused-ring (bicyclic) bond motifs is 1. The second kappa shape index (κ2) is 14.2. The van der Waals surface area contributed by atoms with Crippen LogP contribution in [0, 0.1) is 18.7 Å². The fourth-order valence-electron chi connectivity index (χ4n) is 6.73. The SMILES string of the molecule is CCCC(CCC)N(C(=O)CN1CC(c2ccc3c(c2)OCO3)C(C(=O)O)C1CCc1ncccn1)c1ccc(F)c(C)c1. The first kappa shape index (κ1) is 31.4. The van der Waals surface area contributed by atoms with Crippen LogP contribution in [0.25, 0.3) is 0 Å². The average molecular weight is 605 g/mol. The van der Waals surface area contributed by atoms with E-state index in [4.69, 9.17) is 9.47 Å². The molecule has 10 heteroatoms. The molecule has 2 aromatic carbocycles. The molecule has 0 aliphatic carbocycles. The zero-order valence-corrected chi connectivity index (χ0v) is 25.6. The zero-order chi connectivity index (χ0) is 31.2. The van der Waals surface area contributed by atoms with Crippen molar-refractivity contribution in [2.24, 2.45) is 5.92 Å². The second-order valence-electron chi connectivity index (χ2n) is 11.7. The molecule has 2 aliphatic heterocycles. The normalized spacial score (nSPS) is 19.4. The maximum atomic E-state index is 14.4. The molecular weight excluding hydrogens is 563 g/mol. The highest BCUT2D eigenvalue weighted by Crippen LogP contribution is 2.43. The molecule has 2 aliphatic rings. The molecule has 1 fully saturated rings. The molecule has 1 aromatic heterocycles. The number of anilines is 1. The maximum absolute atomic E-state index is 14.4. The van der Waals surface area contributed by atoms with Gasteiger partial charge in [-0.15, -0.1) is 0 Å². The summed E-state index contributed by atoms with van der Waals surface area (Å²) in [7, 11) is 0. The number of aliphatic carboxylic acids is 1. The predicted molar refractivity (Wildman–Crippen MR) is 164 cm³/mol. The Labute approximate surface area is 258 Å². The van der Waals surface area contributed by atoms with Gasteiger partial charge < -0.3 is 19.5 Å². The van der Waals surface area contributed by atoms with E-state index in [0.717, 1.165) is 31.2 Å². The quantitative estimate of drug-likeness (QED) is 0.263. The van der Waals surface area contributed by atoms with E-state index in [1.165, 1.54) is 6.07 Å². The number of aromatic nitrogens is 2. The van der Waals surface area contributed by atoms with Gasteiger partial charge in [0.25, 0.3) is 0 Å². The van der Waals surface area contributed by atoms with Gasteiger partial charge in [0.2, 0.25) is 12.7 Å². The van der Waals surface area contributed by atoms with Crippen LogP contribution in [0.1, 0.15) is 68.8 Å². The summed E-state index contributed by atoms with van der Waals surface area (Å²) in [5, 5.41) is 10.6. The van der Waals surface area contributed by atoms with Crippen LogP contribution in [0.4, 0.5) is 10.1 Å². The Morgan fingerprint density at radius 2 is 1.80 bits per heavy atom. The highest BCUT2D eigenvalue weighted by atomic mass is 19.1. The number of benzene rings is 2. The summed E-state index contributed by atoms with van der Waals surface area (Å²) in [5.41, 5.74) is 1.97. The van der Waals surface area contributed by atoms with E-state index in [1.807, 2.05) is 28.0 Å². The van der Waals surface area contributed by atoms with Gasteiger partial charge >= 0.3 is 5.97 Å². The summed E-state index contributed by atoms with van der Waals surface area (Å²) in [6, 6.07) is 11.6. The number of carboxylic acid groups (broad SMARTS) is 1. The number of carbonyl (C=O) groups excluding carboxylic acids is 1. The Morgan fingerprint density at radius 3 is 2.48 bits per heavy atom. The van der Waals surface area contributed by atoms with Crippen molar-refractivity contribution in [2.45, 2.75) is 77.3 Å². The molecule has 3 heterocycles. The van der Waals surface area contributed by atoms with E-state index in [-0.39, 0.29) is 37.0 Å². The summed E-state index contributed by atoms with van der Waals surface area (Å²) < 4.78 is 25.4. The number of hydrogen-bond donors (Lipinski definition) is 1. The van der Waals surface area contributed by atoms with Crippen molar-refractivity contribution in [2.75, 3.05) is 24.8 Å². The van der Waals surface area contributed by atoms with Gasteiger partial charge in [0.15, 0.2) is 11.5 Å². The van der Waals surface area contributed by atoms with Gasteiger partial charge in [-0.2, -0.15) is 0 Å². The van der Waals surface area contributed by atoms with Gasteiger partial charge in [-0.1, -0.05) is 32.8 Å². The Hall–Kier alpha value is -4.05. The molecule has 234 valence electrons. The Kier molecular flexibility index (Phi) is 10.1. The summed E-state index contributed by atoms with van der Waals surface area (Å²) in [5.74, 6) is -0.648. The number of carbonyl (C=O) groups is 2. The molecule has 9 nitrogen and oxygen atoms in total. The van der Waals surface area contributed by atoms with Gasteiger partial charge in [0.05, 0.1) is 12.5 Å². The van der Waals surface area contributed by atoms with Crippen LogP contribution in [0.5, 0.6) is 11.5 Å². The van der Waals surface area contributed by atoms with Crippen LogP contribution in [0.15, 0.2) is 54.9 Å². The third-order valence-corrected chi connectivity index (χ3v) is 8.78. The number of likely N-dealkylation sites (tertiary alicyclic amines) is 1. The maximum Gasteiger partial charge on any atom is 0.308 e. The van der Waals surface area contributed by atoms with Crippen molar-refractivity contribution in [3.05, 3.63) is 77.6 Å². The average Bonchev–Trinajstić information content (AvgIpc) is 3.63. The zero-order valence-electron chi connectivity index (χ0n) is 25.6. The molecule has 1 N–H and O–H groups in total. The summed E-state index contributed by atoms with van der Waals surface area (Å²) in [6.45, 7) is 6.43. The van der Waals surface area contributed by atoms with Crippen LogP contribution in [-0.2, 0) is 16.0 Å². The molecule has 0 radical (unpaired) electrons. The molecule has 5 rings (SSSR count). The molecule has 0 bridgehead atoms. The van der Waals surface area contributed by atoms with E-state index in [1.54, 1.807) is 37.5 Å². The highest BCUT2D eigenvalue weighted by Gasteiger charge is 2.47. The number of amides is 1. The van der Waals surface area contributed by atoms with Crippen molar-refractivity contribution in [3.8, 4) is 11.5 Å². The van der Waals surface area contributed by atoms with Gasteiger partial charge in [-0.3, -0.25) is 14.5 Å². The molecule has 1 amide bonds. The van der Waals surface area contributed by atoms with E-state index in [2.05, 4.69) is 23.8 Å². The van der Waals surface area contributed by atoms with Crippen molar-refractivity contribution in [1.29, 1.82) is 0 Å². The standard InChI is InChI=1S/C34H41FN4O5/c1-4-7-24(8-5-2)39(25-10-11-27(35)22(3)17-25)32(40)20-38-19-26(23-9-13-29-30(18-23)44-21-43-29)33(34(41)42)28(38)12-14-31-36-15-6-16-37-31/h6,9-11,13,15-18,24,26,28,33H,4-5,7-8,12,14,19-21H2,1-3H3,(H,41,42). The fourth-order valence-corrected chi connectivity index (χ4v) is 6.73. The minimum Gasteiger partial charge on any atom is -0.481 e. The third-order valence-electron chi connectivity index (χ3n) is 8.78. The number of carboxylic acids is 1. The summed E-state index contributed by atoms with van der Waals surface area (Å²) >= 11 is 0. The minimum absolute atomic E-state index is 0.0332. The molecule has 0 saturated carbocycles. The largest absolute Gasteiger partial charge is 0.481 e. The van der Waals surface area contributed by atoms with Crippen LogP contribution in [0.2, 0.25) is 0 Å². The van der Waals surface area contributed by atoms with Gasteiger partial charge in [0, 0.05) is 49.0 Å². The van der Waals surface area contributed by atoms with Crippen LogP contribution >= 0.6 is 0 Å². The number of halogens is 1. The first-order valence-corrected chi connectivity index (χ1v) is 15.5. The van der Waals surface area contributed by atoms with Crippen molar-refractivity contribution < 1.29 is 28.6 Å². The Balaban J connectivity index is 1.49. The smallest absolute Gasteiger partial charge is 0.308 e. The molecule has 3 atom stereocenters. The first-order chi connectivity index (χ1) is 21.3. The van der Waals surface area contributed by atoms with Gasteiger partial charge in [0.1, 0.15) is 11.6 Å². The Bertz CT molecular complexity index is 1450. The molecule has 3 unspecified atom stereocenters. The number of nitrogens with zero attached hydrogens (tertiary/aromatic N) is 4. The van der Waals surface area contributed by atoms with Crippen LogP contribution < -0.4 is 14.4 Å². The molecule has 0 spiro atoms. The first-order valence-electron chi connectivity index (χ1n) is 15.5. The van der Waals surface area contributed by atoms with Gasteiger partial charge in [-0.25, -0.2) is 14.4 Å². The number of ether oxygens (including phenoxy) is 2. The number of rotatable bonds is 13. The van der Waals surface area contributed by atoms with Gasteiger partial charge in [-0.05, 0) is 73.7 Å². The van der Waals surface area contributed by atoms with Crippen molar-refractivity contribution >= 4 is 17.6 Å². The monoisotopic (exact) mass is 604 g/mol. The van der Waals surface area contributed by atoms with Crippen molar-refractivity contribution in [3.63, 3.8) is 0 Å². The highest BCUT2D eigenvalue weighted by molar-refractivity contribution is 5.95. The lowest BCUT2D eigenvalue weighted by Gasteiger charge is -2.35. The summed E-state index contributed by atoms with van der Waals surface area (Å²) in [6.07, 6.45) is 7.70. The fraction of sp³-hybridized carbons (Fsp3) is 0.471. The molecule has 3 aromatic rings. The lowest BCUT2D eigenvalue weighted by atomic mass is 9.83. The molecule has 1 saturated heterocycles. The predicted octanol–water partition coefficient (Wildman–Crippen LogP) is 5.76. The third kappa shape index (κ3) is 6.85. The number of hydrogen-bond acceptors (Lipinski definition) is 7. The van der Waals surface area contributed by atoms with E-state index in [0.29, 0.717) is 48.0 Å². The van der Waals surface area contributed by atoms with Crippen molar-refractivity contribution in [1.82, 2.24) is 14.9 Å². The topological polar surface area (TPSA) is 105 Å². The minimum atomic E-state index is -0.914. The molecule has 44 heavy (non-hydrogen) atoms. The van der Waals surface area contributed by atoms with Crippen LogP contribution in [-0.4, -0.2) is 63.8 Å². The van der Waals surface area contributed by atoms with E-state index in [9.17, 15) is 19.1 Å². The van der Waals surface area contributed by atoms with E-state index < -0.39 is 17.9 Å².